The lowest BCUT2D eigenvalue weighted by molar-refractivity contribution is -0.384. The van der Waals surface area contributed by atoms with Crippen LogP contribution in [0.5, 0.6) is 0 Å². The molecule has 0 spiro atoms. The monoisotopic (exact) mass is 274 g/mol. The molecule has 0 N–H and O–H groups in total. The highest BCUT2D eigenvalue weighted by Gasteiger charge is 2.33. The summed E-state index contributed by atoms with van der Waals surface area (Å²) in [5.74, 6) is -0.0333. The Labute approximate surface area is 118 Å². The van der Waals surface area contributed by atoms with E-state index in [1.807, 2.05) is 18.7 Å². The Bertz CT molecular complexity index is 546. The molecule has 0 unspecified atom stereocenters. The van der Waals surface area contributed by atoms with Crippen molar-refractivity contribution < 1.29 is 9.72 Å². The van der Waals surface area contributed by atoms with Crippen molar-refractivity contribution in [2.75, 3.05) is 0 Å². The van der Waals surface area contributed by atoms with Crippen molar-refractivity contribution in [2.45, 2.75) is 38.8 Å². The predicted octanol–water partition coefficient (Wildman–Crippen LogP) is 3.01. The van der Waals surface area contributed by atoms with Gasteiger partial charge in [0, 0.05) is 30.3 Å². The van der Waals surface area contributed by atoms with Gasteiger partial charge in [-0.15, -0.1) is 0 Å². The lowest BCUT2D eigenvalue weighted by atomic mass is 10.2. The van der Waals surface area contributed by atoms with E-state index in [9.17, 15) is 14.9 Å². The molecule has 1 aliphatic rings. The van der Waals surface area contributed by atoms with Crippen molar-refractivity contribution in [2.24, 2.45) is 0 Å². The van der Waals surface area contributed by atoms with E-state index < -0.39 is 4.92 Å². The molecule has 1 aromatic rings. The molecular formula is C15H18N2O3. The maximum absolute atomic E-state index is 12.2. The number of carbonyl (C=O) groups is 1. The number of hydrogen-bond acceptors (Lipinski definition) is 3. The van der Waals surface area contributed by atoms with E-state index in [0.29, 0.717) is 11.6 Å². The van der Waals surface area contributed by atoms with Crippen molar-refractivity contribution in [3.8, 4) is 0 Å². The minimum absolute atomic E-state index is 0.0301. The summed E-state index contributed by atoms with van der Waals surface area (Å²) >= 11 is 0. The third-order valence-electron chi connectivity index (χ3n) is 3.25. The van der Waals surface area contributed by atoms with Crippen LogP contribution in [0.3, 0.4) is 0 Å². The normalized spacial score (nSPS) is 14.8. The topological polar surface area (TPSA) is 63.5 Å². The molecule has 2 rings (SSSR count). The second-order valence-electron chi connectivity index (χ2n) is 5.26. The van der Waals surface area contributed by atoms with Crippen LogP contribution in [0.25, 0.3) is 6.08 Å². The number of benzene rings is 1. The molecule has 106 valence electrons. The highest BCUT2D eigenvalue weighted by molar-refractivity contribution is 5.92. The van der Waals surface area contributed by atoms with E-state index in [1.54, 1.807) is 18.2 Å². The Morgan fingerprint density at radius 2 is 2.15 bits per heavy atom. The van der Waals surface area contributed by atoms with Gasteiger partial charge in [0.05, 0.1) is 4.92 Å². The first-order chi connectivity index (χ1) is 9.49. The fraction of sp³-hybridized carbons (Fsp3) is 0.400. The van der Waals surface area contributed by atoms with Crippen molar-refractivity contribution in [1.29, 1.82) is 0 Å². The molecule has 1 amide bonds. The molecule has 0 radical (unpaired) electrons. The molecule has 20 heavy (non-hydrogen) atoms. The van der Waals surface area contributed by atoms with Crippen LogP contribution >= 0.6 is 0 Å². The molecule has 1 fully saturated rings. The summed E-state index contributed by atoms with van der Waals surface area (Å²) in [7, 11) is 0. The Balaban J connectivity index is 2.10. The highest BCUT2D eigenvalue weighted by Crippen LogP contribution is 2.29. The maximum atomic E-state index is 12.2. The van der Waals surface area contributed by atoms with Gasteiger partial charge in [0.25, 0.3) is 5.69 Å². The molecule has 1 aromatic carbocycles. The Kier molecular flexibility index (Phi) is 4.17. The first-order valence-electron chi connectivity index (χ1n) is 6.74. The second kappa shape index (κ2) is 5.86. The standard InChI is InChI=1S/C15H18N2O3/c1-11(2)16(13-7-8-13)15(18)9-6-12-4-3-5-14(10-12)17(19)20/h3-6,9-11,13H,7-8H2,1-2H3/b9-6+. The number of nitro benzene ring substituents is 1. The van der Waals surface area contributed by atoms with E-state index in [1.165, 1.54) is 18.2 Å². The van der Waals surface area contributed by atoms with Crippen LogP contribution in [0.15, 0.2) is 30.3 Å². The van der Waals surface area contributed by atoms with Gasteiger partial charge < -0.3 is 4.90 Å². The Hall–Kier alpha value is -2.17. The number of amides is 1. The molecule has 0 heterocycles. The van der Waals surface area contributed by atoms with E-state index in [4.69, 9.17) is 0 Å². The van der Waals surface area contributed by atoms with Crippen LogP contribution in [-0.2, 0) is 4.79 Å². The number of non-ortho nitro benzene ring substituents is 1. The molecule has 1 saturated carbocycles. The van der Waals surface area contributed by atoms with E-state index >= 15 is 0 Å². The van der Waals surface area contributed by atoms with Gasteiger partial charge in [-0.05, 0) is 38.3 Å². The zero-order valence-corrected chi connectivity index (χ0v) is 11.7. The maximum Gasteiger partial charge on any atom is 0.270 e. The first kappa shape index (κ1) is 14.2. The first-order valence-corrected chi connectivity index (χ1v) is 6.74. The highest BCUT2D eigenvalue weighted by atomic mass is 16.6. The lowest BCUT2D eigenvalue weighted by Crippen LogP contribution is -2.37. The SMILES string of the molecule is CC(C)N(C(=O)/C=C/c1cccc([N+](=O)[O-])c1)C1CC1. The summed E-state index contributed by atoms with van der Waals surface area (Å²) in [4.78, 5) is 24.3. The number of nitro groups is 1. The summed E-state index contributed by atoms with van der Waals surface area (Å²) in [5, 5.41) is 10.7. The smallest absolute Gasteiger partial charge is 0.270 e. The van der Waals surface area contributed by atoms with Crippen LogP contribution in [0.1, 0.15) is 32.3 Å². The third kappa shape index (κ3) is 3.44. The van der Waals surface area contributed by atoms with Crippen LogP contribution in [0, 0.1) is 10.1 Å². The summed E-state index contributed by atoms with van der Waals surface area (Å²) in [6.45, 7) is 3.99. The van der Waals surface area contributed by atoms with Gasteiger partial charge in [0.1, 0.15) is 0 Å². The number of carbonyl (C=O) groups excluding carboxylic acids is 1. The molecule has 0 saturated heterocycles. The Morgan fingerprint density at radius 1 is 1.45 bits per heavy atom. The van der Waals surface area contributed by atoms with Crippen LogP contribution in [-0.4, -0.2) is 27.8 Å². The molecule has 1 aliphatic carbocycles. The lowest BCUT2D eigenvalue weighted by Gasteiger charge is -2.25. The average Bonchev–Trinajstić information content (AvgIpc) is 3.21. The van der Waals surface area contributed by atoms with Crippen LogP contribution < -0.4 is 0 Å². The van der Waals surface area contributed by atoms with Gasteiger partial charge in [0.15, 0.2) is 0 Å². The summed E-state index contributed by atoms with van der Waals surface area (Å²) in [5.41, 5.74) is 0.689. The molecule has 0 bridgehead atoms. The quantitative estimate of drug-likeness (QED) is 0.471. The molecule has 0 aromatic heterocycles. The number of rotatable bonds is 5. The van der Waals surface area contributed by atoms with Crippen LogP contribution in [0.2, 0.25) is 0 Å². The van der Waals surface area contributed by atoms with E-state index in [0.717, 1.165) is 12.8 Å². The van der Waals surface area contributed by atoms with E-state index in [-0.39, 0.29) is 17.6 Å². The fourth-order valence-electron chi connectivity index (χ4n) is 2.20. The van der Waals surface area contributed by atoms with Crippen molar-refractivity contribution in [1.82, 2.24) is 4.90 Å². The molecule has 5 heteroatoms. The minimum Gasteiger partial charge on any atom is -0.334 e. The summed E-state index contributed by atoms with van der Waals surface area (Å²) in [6, 6.07) is 6.78. The van der Waals surface area contributed by atoms with Gasteiger partial charge in [-0.2, -0.15) is 0 Å². The third-order valence-corrected chi connectivity index (χ3v) is 3.25. The van der Waals surface area contributed by atoms with Crippen molar-refractivity contribution >= 4 is 17.7 Å². The van der Waals surface area contributed by atoms with Crippen molar-refractivity contribution in [3.05, 3.63) is 46.0 Å². The van der Waals surface area contributed by atoms with Gasteiger partial charge in [0.2, 0.25) is 5.91 Å². The molecule has 0 aliphatic heterocycles. The number of nitrogens with zero attached hydrogens (tertiary/aromatic N) is 2. The second-order valence-corrected chi connectivity index (χ2v) is 5.26. The molecular weight excluding hydrogens is 256 g/mol. The van der Waals surface area contributed by atoms with Gasteiger partial charge in [-0.25, -0.2) is 0 Å². The zero-order valence-electron chi connectivity index (χ0n) is 11.7. The molecule has 5 nitrogen and oxygen atoms in total. The van der Waals surface area contributed by atoms with Gasteiger partial charge in [-0.1, -0.05) is 12.1 Å². The summed E-state index contributed by atoms with van der Waals surface area (Å²) in [6.07, 6.45) is 5.26. The average molecular weight is 274 g/mol. The van der Waals surface area contributed by atoms with Crippen LogP contribution in [0.4, 0.5) is 5.69 Å². The van der Waals surface area contributed by atoms with Crippen molar-refractivity contribution in [3.63, 3.8) is 0 Å². The summed E-state index contributed by atoms with van der Waals surface area (Å²) < 4.78 is 0. The number of hydrogen-bond donors (Lipinski definition) is 0. The zero-order chi connectivity index (χ0) is 14.7. The predicted molar refractivity (Wildman–Crippen MR) is 77.1 cm³/mol. The minimum atomic E-state index is -0.441. The Morgan fingerprint density at radius 3 is 2.70 bits per heavy atom. The van der Waals surface area contributed by atoms with Gasteiger partial charge >= 0.3 is 0 Å². The fourth-order valence-corrected chi connectivity index (χ4v) is 2.20. The van der Waals surface area contributed by atoms with Gasteiger partial charge in [-0.3, -0.25) is 14.9 Å². The molecule has 0 atom stereocenters. The van der Waals surface area contributed by atoms with E-state index in [2.05, 4.69) is 0 Å². The largest absolute Gasteiger partial charge is 0.334 e.